The Kier molecular flexibility index (Phi) is 8.73. The van der Waals surface area contributed by atoms with E-state index in [0.717, 1.165) is 31.9 Å². The van der Waals surface area contributed by atoms with Gasteiger partial charge in [0.25, 0.3) is 0 Å². The predicted octanol–water partition coefficient (Wildman–Crippen LogP) is 5.58. The van der Waals surface area contributed by atoms with E-state index < -0.39 is 13.9 Å². The van der Waals surface area contributed by atoms with Crippen molar-refractivity contribution in [3.8, 4) is 0 Å². The van der Waals surface area contributed by atoms with E-state index in [-0.39, 0.29) is 11.1 Å². The number of halogens is 1. The first kappa shape index (κ1) is 26.0. The van der Waals surface area contributed by atoms with Gasteiger partial charge < -0.3 is 14.1 Å². The van der Waals surface area contributed by atoms with Crippen LogP contribution in [0.25, 0.3) is 0 Å². The molecule has 0 radical (unpaired) electrons. The molecule has 2 aliphatic rings. The summed E-state index contributed by atoms with van der Waals surface area (Å²) in [5.74, 6) is 1.61. The molecule has 2 rings (SSSR count). The average Bonchev–Trinajstić information content (AvgIpc) is 2.64. The Morgan fingerprint density at radius 1 is 1.07 bits per heavy atom. The zero-order valence-corrected chi connectivity index (χ0v) is 22.3. The Labute approximate surface area is 190 Å². The molecular weight excluding hydrogens is 416 g/mol. The Hall–Kier alpha value is -0.303. The van der Waals surface area contributed by atoms with Crippen molar-refractivity contribution in [3.63, 3.8) is 0 Å². The van der Waals surface area contributed by atoms with Crippen LogP contribution in [0.3, 0.4) is 0 Å². The molecular formula is C23H45ClN2O3Si. The number of carbonyl (C=O) groups is 1. The van der Waals surface area contributed by atoms with E-state index in [9.17, 15) is 4.79 Å². The van der Waals surface area contributed by atoms with Gasteiger partial charge in [0.05, 0.1) is 0 Å². The molecule has 5 nitrogen and oxygen atoms in total. The van der Waals surface area contributed by atoms with E-state index in [0.29, 0.717) is 31.0 Å². The van der Waals surface area contributed by atoms with Crippen molar-refractivity contribution in [2.45, 2.75) is 90.6 Å². The highest BCUT2D eigenvalue weighted by Crippen LogP contribution is 2.38. The molecule has 2 fully saturated rings. The fraction of sp³-hybridized carbons (Fsp3) is 0.957. The second-order valence-corrected chi connectivity index (χ2v) is 16.9. The van der Waals surface area contributed by atoms with Crippen LogP contribution < -0.4 is 0 Å². The summed E-state index contributed by atoms with van der Waals surface area (Å²) >= 11 is 6.20. The Morgan fingerprint density at radius 2 is 1.73 bits per heavy atom. The maximum Gasteiger partial charge on any atom is 0.410 e. The average molecular weight is 461 g/mol. The molecule has 0 saturated carbocycles. The minimum absolute atomic E-state index is 0.177. The molecule has 0 aromatic heterocycles. The van der Waals surface area contributed by atoms with Crippen LogP contribution in [0.15, 0.2) is 0 Å². The van der Waals surface area contributed by atoms with Crippen LogP contribution in [0.2, 0.25) is 18.1 Å². The van der Waals surface area contributed by atoms with Crippen LogP contribution in [-0.2, 0) is 9.16 Å². The quantitative estimate of drug-likeness (QED) is 0.396. The molecule has 3 atom stereocenters. The topological polar surface area (TPSA) is 42.0 Å². The second kappa shape index (κ2) is 10.1. The lowest BCUT2D eigenvalue weighted by Crippen LogP contribution is -2.57. The van der Waals surface area contributed by atoms with Crippen molar-refractivity contribution < 1.29 is 14.0 Å². The highest BCUT2D eigenvalue weighted by atomic mass is 35.5. The number of piperidine rings is 2. The second-order valence-electron chi connectivity index (χ2n) is 11.8. The predicted molar refractivity (Wildman–Crippen MR) is 128 cm³/mol. The van der Waals surface area contributed by atoms with Crippen molar-refractivity contribution in [3.05, 3.63) is 0 Å². The molecule has 1 amide bonds. The van der Waals surface area contributed by atoms with Crippen molar-refractivity contribution in [1.29, 1.82) is 0 Å². The molecule has 30 heavy (non-hydrogen) atoms. The van der Waals surface area contributed by atoms with Crippen LogP contribution in [0.1, 0.15) is 60.8 Å². The van der Waals surface area contributed by atoms with E-state index in [1.165, 1.54) is 12.8 Å². The Bertz CT molecular complexity index is 574. The van der Waals surface area contributed by atoms with Crippen molar-refractivity contribution >= 4 is 26.0 Å². The summed E-state index contributed by atoms with van der Waals surface area (Å²) in [5.41, 5.74) is -0.471. The number of hydrogen-bond acceptors (Lipinski definition) is 4. The fourth-order valence-corrected chi connectivity index (χ4v) is 5.53. The van der Waals surface area contributed by atoms with Gasteiger partial charge in [0.1, 0.15) is 5.60 Å². The van der Waals surface area contributed by atoms with Gasteiger partial charge in [0.15, 0.2) is 8.32 Å². The normalized spacial score (nSPS) is 27.2. The van der Waals surface area contributed by atoms with Crippen LogP contribution in [0.5, 0.6) is 0 Å². The summed E-state index contributed by atoms with van der Waals surface area (Å²) in [4.78, 5) is 17.3. The lowest BCUT2D eigenvalue weighted by atomic mass is 9.88. The third kappa shape index (κ3) is 7.11. The van der Waals surface area contributed by atoms with Gasteiger partial charge in [-0.2, -0.15) is 0 Å². The van der Waals surface area contributed by atoms with E-state index in [4.69, 9.17) is 20.8 Å². The van der Waals surface area contributed by atoms with Gasteiger partial charge in [-0.1, -0.05) is 20.8 Å². The molecule has 2 unspecified atom stereocenters. The maximum atomic E-state index is 12.7. The summed E-state index contributed by atoms with van der Waals surface area (Å²) in [6, 6.07) is 0.444. The highest BCUT2D eigenvalue weighted by Gasteiger charge is 2.41. The third-order valence-electron chi connectivity index (χ3n) is 7.05. The molecule has 2 aliphatic heterocycles. The number of alkyl halides is 1. The largest absolute Gasteiger partial charge is 0.444 e. The van der Waals surface area contributed by atoms with Crippen LogP contribution in [-0.4, -0.2) is 74.5 Å². The van der Waals surface area contributed by atoms with Gasteiger partial charge in [-0.3, -0.25) is 4.90 Å². The van der Waals surface area contributed by atoms with Crippen molar-refractivity contribution in [2.24, 2.45) is 11.8 Å². The molecule has 2 heterocycles. The number of ether oxygens (including phenoxy) is 1. The standard InChI is InChI=1S/C23H45ClN2O3Si/c1-22(2,3)29-21(27)26-13-11-20(25-12-9-10-18(14-24)15-25)19(16-26)17-28-30(7,8)23(4,5)6/h18-20H,9-17H2,1-8H3/t18-,19?,20?/m0/s1. The summed E-state index contributed by atoms with van der Waals surface area (Å²) in [5, 5.41) is 0.177. The minimum Gasteiger partial charge on any atom is -0.444 e. The zero-order chi connectivity index (χ0) is 22.7. The fourth-order valence-electron chi connectivity index (χ4n) is 4.21. The Balaban J connectivity index is 2.13. The monoisotopic (exact) mass is 460 g/mol. The van der Waals surface area contributed by atoms with Gasteiger partial charge in [-0.25, -0.2) is 4.79 Å². The first-order chi connectivity index (χ1) is 13.7. The zero-order valence-electron chi connectivity index (χ0n) is 20.6. The maximum absolute atomic E-state index is 12.7. The molecule has 0 bridgehead atoms. The molecule has 0 aromatic rings. The molecule has 0 N–H and O–H groups in total. The van der Waals surface area contributed by atoms with Crippen molar-refractivity contribution in [2.75, 3.05) is 38.7 Å². The Morgan fingerprint density at radius 3 is 2.30 bits per heavy atom. The highest BCUT2D eigenvalue weighted by molar-refractivity contribution is 6.74. The van der Waals surface area contributed by atoms with Crippen LogP contribution >= 0.6 is 11.6 Å². The number of hydrogen-bond donors (Lipinski definition) is 0. The van der Waals surface area contributed by atoms with E-state index >= 15 is 0 Å². The number of rotatable bonds is 5. The number of amides is 1. The summed E-state index contributed by atoms with van der Waals surface area (Å²) < 4.78 is 12.3. The molecule has 0 aliphatic carbocycles. The van der Waals surface area contributed by atoms with Gasteiger partial charge in [-0.05, 0) is 70.6 Å². The number of nitrogens with zero attached hydrogens (tertiary/aromatic N) is 2. The van der Waals surface area contributed by atoms with E-state index in [1.807, 2.05) is 25.7 Å². The van der Waals surface area contributed by atoms with Gasteiger partial charge in [-0.15, -0.1) is 11.6 Å². The lowest BCUT2D eigenvalue weighted by molar-refractivity contribution is -0.0130. The van der Waals surface area contributed by atoms with Gasteiger partial charge >= 0.3 is 6.09 Å². The first-order valence-corrected chi connectivity index (χ1v) is 15.1. The number of carbonyl (C=O) groups excluding carboxylic acids is 1. The van der Waals surface area contributed by atoms with E-state index in [2.05, 4.69) is 38.8 Å². The SMILES string of the molecule is CC(C)(C)OC(=O)N1CCC(N2CCC[C@@H](CCl)C2)C(CO[Si](C)(C)C(C)(C)C)C1. The lowest BCUT2D eigenvalue weighted by Gasteiger charge is -2.47. The minimum atomic E-state index is -1.85. The first-order valence-electron chi connectivity index (χ1n) is 11.7. The molecule has 7 heteroatoms. The summed E-state index contributed by atoms with van der Waals surface area (Å²) in [6.45, 7) is 21.6. The van der Waals surface area contributed by atoms with Gasteiger partial charge in [0.2, 0.25) is 0 Å². The van der Waals surface area contributed by atoms with E-state index in [1.54, 1.807) is 0 Å². The molecule has 0 spiro atoms. The van der Waals surface area contributed by atoms with Gasteiger partial charge in [0, 0.05) is 44.1 Å². The van der Waals surface area contributed by atoms with Crippen LogP contribution in [0, 0.1) is 11.8 Å². The summed E-state index contributed by atoms with van der Waals surface area (Å²) in [7, 11) is -1.85. The number of likely N-dealkylation sites (tertiary alicyclic amines) is 2. The molecule has 2 saturated heterocycles. The van der Waals surface area contributed by atoms with Crippen molar-refractivity contribution in [1.82, 2.24) is 9.80 Å². The molecule has 176 valence electrons. The summed E-state index contributed by atoms with van der Waals surface area (Å²) in [6.07, 6.45) is 3.21. The van der Waals surface area contributed by atoms with Crippen LogP contribution in [0.4, 0.5) is 4.79 Å². The molecule has 0 aromatic carbocycles. The smallest absolute Gasteiger partial charge is 0.410 e. The third-order valence-corrected chi connectivity index (χ3v) is 12.0.